The zero-order chi connectivity index (χ0) is 7.98. The quantitative estimate of drug-likeness (QED) is 0.313. The molecule has 0 aliphatic rings. The van der Waals surface area contributed by atoms with Gasteiger partial charge in [-0.2, -0.15) is 0 Å². The predicted molar refractivity (Wildman–Crippen MR) is 27.8 cm³/mol. The number of carbonyl (C=O) groups excluding carboxylic acids is 1. The number of hydrogen-bond acceptors (Lipinski definition) is 6. The van der Waals surface area contributed by atoms with Crippen LogP contribution in [-0.2, 0) is 14.7 Å². The molecule has 0 aliphatic carbocycles. The van der Waals surface area contributed by atoms with Gasteiger partial charge in [0.2, 0.25) is 0 Å². The highest BCUT2D eigenvalue weighted by molar-refractivity contribution is 5.68. The molecule has 0 fully saturated rings. The molecule has 0 aromatic rings. The van der Waals surface area contributed by atoms with Crippen molar-refractivity contribution in [1.29, 1.82) is 0 Å². The summed E-state index contributed by atoms with van der Waals surface area (Å²) >= 11 is 0. The molecule has 0 aromatic heterocycles. The number of nitrogens with zero attached hydrogens (tertiary/aromatic N) is 1. The summed E-state index contributed by atoms with van der Waals surface area (Å²) in [6.07, 6.45) is -0.103. The van der Waals surface area contributed by atoms with E-state index in [9.17, 15) is 14.9 Å². The molecule has 0 bridgehead atoms. The van der Waals surface area contributed by atoms with Gasteiger partial charge in [0.1, 0.15) is 0 Å². The summed E-state index contributed by atoms with van der Waals surface area (Å²) in [5.74, 6) is -0.862. The molecular formula is C3H6N2O5. The largest absolute Gasteiger partial charge is 0.344 e. The van der Waals surface area contributed by atoms with E-state index in [2.05, 4.69) is 9.88 Å². The van der Waals surface area contributed by atoms with Crippen LogP contribution in [0.2, 0.25) is 0 Å². The highest BCUT2D eigenvalue weighted by Gasteiger charge is 2.03. The van der Waals surface area contributed by atoms with Gasteiger partial charge in [-0.15, -0.1) is 10.1 Å². The molecule has 0 unspecified atom stereocenters. The van der Waals surface area contributed by atoms with Gasteiger partial charge in [0, 0.05) is 6.54 Å². The molecule has 0 saturated carbocycles. The molecule has 0 heterocycles. The maximum Gasteiger partial charge on any atom is 0.344 e. The Hall–Kier alpha value is -1.37. The average molecular weight is 150 g/mol. The van der Waals surface area contributed by atoms with E-state index in [1.165, 1.54) is 0 Å². The lowest BCUT2D eigenvalue weighted by Gasteiger charge is -1.95. The SMILES string of the molecule is NCCC(=O)OO[N+](=O)[O-]. The molecule has 0 rings (SSSR count). The van der Waals surface area contributed by atoms with E-state index in [0.717, 1.165) is 0 Å². The van der Waals surface area contributed by atoms with Crippen LogP contribution < -0.4 is 5.73 Å². The summed E-state index contributed by atoms with van der Waals surface area (Å²) in [6.45, 7) is 0.0694. The monoisotopic (exact) mass is 150 g/mol. The van der Waals surface area contributed by atoms with Crippen LogP contribution in [0.4, 0.5) is 0 Å². The maximum absolute atomic E-state index is 10.2. The van der Waals surface area contributed by atoms with Crippen molar-refractivity contribution in [2.45, 2.75) is 6.42 Å². The van der Waals surface area contributed by atoms with E-state index < -0.39 is 11.1 Å². The van der Waals surface area contributed by atoms with Crippen LogP contribution in [0.3, 0.4) is 0 Å². The second-order valence-electron chi connectivity index (χ2n) is 1.29. The van der Waals surface area contributed by atoms with Gasteiger partial charge in [-0.05, 0) is 0 Å². The summed E-state index contributed by atoms with van der Waals surface area (Å²) in [5, 5.41) is 8.16. The van der Waals surface area contributed by atoms with Crippen LogP contribution in [-0.4, -0.2) is 17.6 Å². The van der Waals surface area contributed by atoms with Gasteiger partial charge in [0.15, 0.2) is 0 Å². The van der Waals surface area contributed by atoms with Crippen molar-refractivity contribution in [2.75, 3.05) is 6.54 Å². The van der Waals surface area contributed by atoms with Crippen molar-refractivity contribution >= 4 is 5.97 Å². The molecule has 0 aromatic carbocycles. The Morgan fingerprint density at radius 2 is 2.30 bits per heavy atom. The molecule has 0 spiro atoms. The first-order valence-electron chi connectivity index (χ1n) is 2.38. The highest BCUT2D eigenvalue weighted by Crippen LogP contribution is 1.84. The predicted octanol–water partition coefficient (Wildman–Crippen LogP) is -0.998. The normalized spacial score (nSPS) is 8.50. The van der Waals surface area contributed by atoms with Gasteiger partial charge in [-0.25, -0.2) is 4.79 Å². The standard InChI is InChI=1S/C3H6N2O5/c4-2-1-3(6)9-10-5(7)8/h1-2,4H2. The van der Waals surface area contributed by atoms with Gasteiger partial charge in [-0.3, -0.25) is 4.89 Å². The summed E-state index contributed by atoms with van der Waals surface area (Å²) in [7, 11) is 0. The first-order valence-corrected chi connectivity index (χ1v) is 2.38. The van der Waals surface area contributed by atoms with Crippen molar-refractivity contribution in [1.82, 2.24) is 0 Å². The first-order chi connectivity index (χ1) is 4.66. The Kier molecular flexibility index (Phi) is 3.89. The van der Waals surface area contributed by atoms with E-state index in [4.69, 9.17) is 5.73 Å². The molecule has 0 saturated heterocycles. The molecule has 0 radical (unpaired) electrons. The van der Waals surface area contributed by atoms with Crippen molar-refractivity contribution < 1.29 is 19.8 Å². The van der Waals surface area contributed by atoms with Crippen LogP contribution in [0.15, 0.2) is 0 Å². The molecular weight excluding hydrogens is 144 g/mol. The summed E-state index contributed by atoms with van der Waals surface area (Å²) in [6, 6.07) is 0. The van der Waals surface area contributed by atoms with Crippen LogP contribution in [0, 0.1) is 10.1 Å². The van der Waals surface area contributed by atoms with Gasteiger partial charge in [-0.1, -0.05) is 4.99 Å². The third-order valence-electron chi connectivity index (χ3n) is 0.540. The Bertz CT molecular complexity index is 135. The van der Waals surface area contributed by atoms with Crippen molar-refractivity contribution in [3.63, 3.8) is 0 Å². The summed E-state index contributed by atoms with van der Waals surface area (Å²) in [5.41, 5.74) is 4.91. The van der Waals surface area contributed by atoms with Crippen LogP contribution in [0.25, 0.3) is 0 Å². The molecule has 7 nitrogen and oxygen atoms in total. The number of hydrogen-bond donors (Lipinski definition) is 1. The first kappa shape index (κ1) is 8.63. The number of rotatable bonds is 4. The van der Waals surface area contributed by atoms with Crippen molar-refractivity contribution in [3.8, 4) is 0 Å². The third kappa shape index (κ3) is 4.78. The molecule has 58 valence electrons. The second kappa shape index (κ2) is 4.50. The van der Waals surface area contributed by atoms with Crippen molar-refractivity contribution in [3.05, 3.63) is 10.1 Å². The number of carbonyl (C=O) groups is 1. The minimum atomic E-state index is -1.23. The van der Waals surface area contributed by atoms with E-state index in [-0.39, 0.29) is 13.0 Å². The minimum absolute atomic E-state index is 0.0694. The number of nitrogens with two attached hydrogens (primary N) is 1. The smallest absolute Gasteiger partial charge is 0.330 e. The Labute approximate surface area is 55.7 Å². The second-order valence-corrected chi connectivity index (χ2v) is 1.29. The van der Waals surface area contributed by atoms with E-state index in [1.807, 2.05) is 0 Å². The minimum Gasteiger partial charge on any atom is -0.330 e. The maximum atomic E-state index is 10.2. The fourth-order valence-corrected chi connectivity index (χ4v) is 0.232. The van der Waals surface area contributed by atoms with Crippen LogP contribution >= 0.6 is 0 Å². The molecule has 0 aliphatic heterocycles. The molecule has 10 heavy (non-hydrogen) atoms. The molecule has 2 N–H and O–H groups in total. The Balaban J connectivity index is 3.30. The molecule has 7 heteroatoms. The van der Waals surface area contributed by atoms with Gasteiger partial charge in [0.25, 0.3) is 0 Å². The Morgan fingerprint density at radius 1 is 1.70 bits per heavy atom. The van der Waals surface area contributed by atoms with Gasteiger partial charge >= 0.3 is 11.1 Å². The lowest BCUT2D eigenvalue weighted by Crippen LogP contribution is -2.13. The topological polar surface area (TPSA) is 105 Å². The third-order valence-corrected chi connectivity index (χ3v) is 0.540. The average Bonchev–Trinajstić information content (AvgIpc) is 1.85. The summed E-state index contributed by atoms with van der Waals surface area (Å²) in [4.78, 5) is 26.5. The van der Waals surface area contributed by atoms with Crippen molar-refractivity contribution in [2.24, 2.45) is 5.73 Å². The lowest BCUT2D eigenvalue weighted by molar-refractivity contribution is -0.839. The fraction of sp³-hybridized carbons (Fsp3) is 0.667. The summed E-state index contributed by atoms with van der Waals surface area (Å²) < 4.78 is 0. The highest BCUT2D eigenvalue weighted by atomic mass is 17.3. The molecule has 0 amide bonds. The van der Waals surface area contributed by atoms with E-state index in [0.29, 0.717) is 0 Å². The zero-order valence-electron chi connectivity index (χ0n) is 4.98. The van der Waals surface area contributed by atoms with E-state index in [1.54, 1.807) is 0 Å². The van der Waals surface area contributed by atoms with Crippen LogP contribution in [0.5, 0.6) is 0 Å². The molecule has 0 atom stereocenters. The Morgan fingerprint density at radius 3 is 2.70 bits per heavy atom. The van der Waals surface area contributed by atoms with Gasteiger partial charge < -0.3 is 5.73 Å². The van der Waals surface area contributed by atoms with E-state index >= 15 is 0 Å². The zero-order valence-corrected chi connectivity index (χ0v) is 4.98. The van der Waals surface area contributed by atoms with Gasteiger partial charge in [0.05, 0.1) is 6.42 Å². The lowest BCUT2D eigenvalue weighted by atomic mass is 10.5. The fourth-order valence-electron chi connectivity index (χ4n) is 0.232. The van der Waals surface area contributed by atoms with Crippen LogP contribution in [0.1, 0.15) is 6.42 Å².